The van der Waals surface area contributed by atoms with Crippen molar-refractivity contribution in [2.75, 3.05) is 13.2 Å². The molecule has 0 spiro atoms. The van der Waals surface area contributed by atoms with E-state index in [1.54, 1.807) is 24.3 Å². The molecule has 3 aromatic rings. The Kier molecular flexibility index (Phi) is 6.14. The van der Waals surface area contributed by atoms with Crippen LogP contribution in [0.5, 0.6) is 11.5 Å². The van der Waals surface area contributed by atoms with Crippen LogP contribution in [-0.2, 0) is 4.79 Å². The maximum Gasteiger partial charge on any atom is 0.491 e. The van der Waals surface area contributed by atoms with Crippen LogP contribution in [0, 0.1) is 5.41 Å². The van der Waals surface area contributed by atoms with Crippen LogP contribution >= 0.6 is 0 Å². The topological polar surface area (TPSA) is 130 Å². The van der Waals surface area contributed by atoms with Gasteiger partial charge in [0.2, 0.25) is 0 Å². The van der Waals surface area contributed by atoms with Gasteiger partial charge in [-0.05, 0) is 30.3 Å². The molecular formula is C20H17F3N4O4. The highest BCUT2D eigenvalue weighted by Gasteiger charge is 2.41. The van der Waals surface area contributed by atoms with Crippen molar-refractivity contribution in [2.24, 2.45) is 5.73 Å². The number of hydrogen-bond donors (Lipinski definition) is 4. The number of nitrogens with one attached hydrogen (secondary N) is 3. The lowest BCUT2D eigenvalue weighted by Gasteiger charge is -2.09. The number of aromatic amines is 1. The van der Waals surface area contributed by atoms with Crippen LogP contribution in [0.25, 0.3) is 10.9 Å². The molecule has 0 bridgehead atoms. The number of alkyl halides is 3. The zero-order chi connectivity index (χ0) is 22.6. The lowest BCUT2D eigenvalue weighted by atomic mass is 10.1. The number of halogens is 3. The monoisotopic (exact) mass is 434 g/mol. The fraction of sp³-hybridized carbons (Fsp3) is 0.150. The summed E-state index contributed by atoms with van der Waals surface area (Å²) in [5, 5.41) is 10.2. The third-order valence-corrected chi connectivity index (χ3v) is 4.14. The summed E-state index contributed by atoms with van der Waals surface area (Å²) in [6, 6.07) is 10.9. The molecule has 1 amide bonds. The zero-order valence-corrected chi connectivity index (χ0v) is 15.9. The van der Waals surface area contributed by atoms with Crippen LogP contribution in [0.1, 0.15) is 15.9 Å². The van der Waals surface area contributed by atoms with Gasteiger partial charge in [0, 0.05) is 28.2 Å². The van der Waals surface area contributed by atoms with Crippen LogP contribution in [-0.4, -0.2) is 42.0 Å². The Morgan fingerprint density at radius 2 is 1.90 bits per heavy atom. The molecule has 8 nitrogen and oxygen atoms in total. The van der Waals surface area contributed by atoms with E-state index in [1.807, 2.05) is 0 Å². The summed E-state index contributed by atoms with van der Waals surface area (Å²) in [4.78, 5) is 26.1. The van der Waals surface area contributed by atoms with Crippen molar-refractivity contribution in [3.05, 3.63) is 59.8 Å². The van der Waals surface area contributed by atoms with Crippen molar-refractivity contribution in [3.63, 3.8) is 0 Å². The number of benzene rings is 2. The smallest absolute Gasteiger partial charge is 0.491 e. The second-order valence-electron chi connectivity index (χ2n) is 6.35. The number of fused-ring (bicyclic) bond motifs is 1. The first-order valence-electron chi connectivity index (χ1n) is 8.91. The largest absolute Gasteiger partial charge is 0.492 e. The maximum absolute atomic E-state index is 12.4. The van der Waals surface area contributed by atoms with Gasteiger partial charge in [0.25, 0.3) is 5.91 Å². The number of rotatable bonds is 7. The van der Waals surface area contributed by atoms with E-state index in [9.17, 15) is 22.8 Å². The Balaban J connectivity index is 1.61. The summed E-state index contributed by atoms with van der Waals surface area (Å²) in [5.41, 5.74) is 6.48. The van der Waals surface area contributed by atoms with Crippen molar-refractivity contribution in [1.29, 1.82) is 5.41 Å². The minimum atomic E-state index is -5.14. The van der Waals surface area contributed by atoms with Gasteiger partial charge >= 0.3 is 12.1 Å². The Labute approximate surface area is 173 Å². The summed E-state index contributed by atoms with van der Waals surface area (Å²) in [7, 11) is 0. The van der Waals surface area contributed by atoms with Crippen molar-refractivity contribution < 1.29 is 32.2 Å². The average Bonchev–Trinajstić information content (AvgIpc) is 3.12. The summed E-state index contributed by atoms with van der Waals surface area (Å²) < 4.78 is 47.2. The van der Waals surface area contributed by atoms with Crippen molar-refractivity contribution >= 4 is 28.6 Å². The first kappa shape index (κ1) is 21.7. The number of carbonyl (C=O) groups is 2. The fourth-order valence-corrected chi connectivity index (χ4v) is 2.67. The van der Waals surface area contributed by atoms with Crippen LogP contribution in [0.2, 0.25) is 0 Å². The quantitative estimate of drug-likeness (QED) is 0.197. The Morgan fingerprint density at radius 1 is 1.13 bits per heavy atom. The van der Waals surface area contributed by atoms with E-state index < -0.39 is 18.1 Å². The molecular weight excluding hydrogens is 417 g/mol. The second-order valence-corrected chi connectivity index (χ2v) is 6.35. The highest BCUT2D eigenvalue weighted by molar-refractivity contribution is 6.00. The zero-order valence-electron chi connectivity index (χ0n) is 15.9. The lowest BCUT2D eigenvalue weighted by molar-refractivity contribution is -0.189. The molecule has 0 fully saturated rings. The maximum atomic E-state index is 12.4. The van der Waals surface area contributed by atoms with Gasteiger partial charge in [-0.25, -0.2) is 4.79 Å². The minimum Gasteiger partial charge on any atom is -0.492 e. The molecule has 162 valence electrons. The highest BCUT2D eigenvalue weighted by atomic mass is 19.4. The third kappa shape index (κ3) is 5.32. The number of carbonyl (C=O) groups excluding carboxylic acids is 2. The van der Waals surface area contributed by atoms with E-state index >= 15 is 0 Å². The Morgan fingerprint density at radius 3 is 2.61 bits per heavy atom. The summed E-state index contributed by atoms with van der Waals surface area (Å²) in [6.45, 7) is 0.276. The van der Waals surface area contributed by atoms with Gasteiger partial charge in [0.15, 0.2) is 5.75 Å². The molecule has 0 aliphatic rings. The molecule has 2 aromatic carbocycles. The van der Waals surface area contributed by atoms with E-state index in [-0.39, 0.29) is 35.7 Å². The van der Waals surface area contributed by atoms with Gasteiger partial charge in [-0.15, -0.1) is 0 Å². The molecule has 1 aromatic heterocycles. The lowest BCUT2D eigenvalue weighted by Crippen LogP contribution is -2.28. The van der Waals surface area contributed by atoms with Crippen LogP contribution < -0.4 is 20.5 Å². The number of aromatic nitrogens is 1. The number of amides is 1. The Hall–Kier alpha value is -4.02. The molecule has 0 aliphatic carbocycles. The Bertz CT molecular complexity index is 1140. The van der Waals surface area contributed by atoms with Gasteiger partial charge in [-0.2, -0.15) is 13.2 Å². The average molecular weight is 434 g/mol. The number of nitrogen functional groups attached to an aromatic ring is 1. The van der Waals surface area contributed by atoms with E-state index in [4.69, 9.17) is 15.9 Å². The highest BCUT2D eigenvalue weighted by Crippen LogP contribution is 2.28. The number of H-pyrrole nitrogens is 1. The molecule has 0 radical (unpaired) electrons. The van der Waals surface area contributed by atoms with E-state index in [2.05, 4.69) is 15.0 Å². The van der Waals surface area contributed by atoms with Gasteiger partial charge in [-0.3, -0.25) is 10.2 Å². The molecule has 31 heavy (non-hydrogen) atoms. The van der Waals surface area contributed by atoms with E-state index in [1.165, 1.54) is 18.2 Å². The van der Waals surface area contributed by atoms with E-state index in [0.717, 1.165) is 6.20 Å². The van der Waals surface area contributed by atoms with Crippen molar-refractivity contribution in [1.82, 2.24) is 10.3 Å². The van der Waals surface area contributed by atoms with Crippen LogP contribution in [0.3, 0.4) is 0 Å². The molecule has 5 N–H and O–H groups in total. The first-order valence-corrected chi connectivity index (χ1v) is 8.91. The van der Waals surface area contributed by atoms with Gasteiger partial charge < -0.3 is 25.5 Å². The fourth-order valence-electron chi connectivity index (χ4n) is 2.67. The molecule has 11 heteroatoms. The number of ether oxygens (including phenoxy) is 2. The summed E-state index contributed by atoms with van der Waals surface area (Å²) >= 11 is 0. The van der Waals surface area contributed by atoms with Gasteiger partial charge in [0.05, 0.1) is 6.54 Å². The van der Waals surface area contributed by atoms with Gasteiger partial charge in [-0.1, -0.05) is 12.1 Å². The molecule has 0 saturated heterocycles. The summed E-state index contributed by atoms with van der Waals surface area (Å²) in [5.74, 6) is -2.79. The second kappa shape index (κ2) is 8.78. The molecule has 0 saturated carbocycles. The number of nitrogens with two attached hydrogens (primary N) is 1. The third-order valence-electron chi connectivity index (χ3n) is 4.14. The standard InChI is InChI=1S/C20H17F3N4O4/c21-20(22,23)19(29)31-16-10-27-15-5-4-12(9-14(15)16)18(28)26-6-7-30-13-3-1-2-11(8-13)17(24)25/h1-5,8-10,27H,6-7H2,(H3,24,25)(H,26,28). The predicted molar refractivity (Wildman–Crippen MR) is 105 cm³/mol. The molecule has 1 heterocycles. The van der Waals surface area contributed by atoms with Crippen LogP contribution in [0.4, 0.5) is 13.2 Å². The van der Waals surface area contributed by atoms with Crippen LogP contribution in [0.15, 0.2) is 48.7 Å². The van der Waals surface area contributed by atoms with Crippen molar-refractivity contribution in [2.45, 2.75) is 6.18 Å². The predicted octanol–water partition coefficient (Wildman–Crippen LogP) is 2.73. The molecule has 0 aliphatic heterocycles. The molecule has 0 unspecified atom stereocenters. The molecule has 3 rings (SSSR count). The number of esters is 1. The van der Waals surface area contributed by atoms with Crippen molar-refractivity contribution in [3.8, 4) is 11.5 Å². The summed E-state index contributed by atoms with van der Waals surface area (Å²) in [6.07, 6.45) is -4.03. The number of amidine groups is 1. The first-order chi connectivity index (χ1) is 14.6. The normalized spacial score (nSPS) is 11.2. The SMILES string of the molecule is N=C(N)c1cccc(OCCNC(=O)c2ccc3[nH]cc(OC(=O)C(F)(F)F)c3c2)c1. The van der Waals surface area contributed by atoms with E-state index in [0.29, 0.717) is 16.8 Å². The molecule has 0 atom stereocenters. The van der Waals surface area contributed by atoms with Gasteiger partial charge in [0.1, 0.15) is 18.2 Å². The number of hydrogen-bond acceptors (Lipinski definition) is 5. The minimum absolute atomic E-state index is 0.0980.